The van der Waals surface area contributed by atoms with Gasteiger partial charge in [0.25, 0.3) is 0 Å². The van der Waals surface area contributed by atoms with Crippen molar-refractivity contribution in [3.63, 3.8) is 0 Å². The Hall–Kier alpha value is -1.74. The van der Waals surface area contributed by atoms with Crippen molar-refractivity contribution in [3.8, 4) is 11.8 Å². The fourth-order valence-corrected chi connectivity index (χ4v) is 2.74. The van der Waals surface area contributed by atoms with Crippen molar-refractivity contribution in [2.45, 2.75) is 13.8 Å². The summed E-state index contributed by atoms with van der Waals surface area (Å²) in [5.41, 5.74) is 0.318. The molecule has 0 amide bonds. The maximum atomic E-state index is 12.2. The van der Waals surface area contributed by atoms with E-state index in [1.165, 1.54) is 18.2 Å². The Morgan fingerprint density at radius 3 is 2.45 bits per heavy atom. The SMILES string of the molecule is CCOP(=O)(COc1cc(N=O)ccc1C#N)OCC. The zero-order valence-electron chi connectivity index (χ0n) is 11.2. The summed E-state index contributed by atoms with van der Waals surface area (Å²) in [4.78, 5) is 10.5. The largest absolute Gasteiger partial charge is 0.479 e. The van der Waals surface area contributed by atoms with Crippen molar-refractivity contribution < 1.29 is 18.3 Å². The predicted octanol–water partition coefficient (Wildman–Crippen LogP) is 3.56. The summed E-state index contributed by atoms with van der Waals surface area (Å²) in [5.74, 6) is 0.115. The van der Waals surface area contributed by atoms with Gasteiger partial charge in [0, 0.05) is 6.07 Å². The Bertz CT molecular complexity index is 545. The Kier molecular flexibility index (Phi) is 6.32. The molecule has 0 aliphatic heterocycles. The highest BCUT2D eigenvalue weighted by molar-refractivity contribution is 7.53. The van der Waals surface area contributed by atoms with Gasteiger partial charge in [-0.3, -0.25) is 4.57 Å². The minimum atomic E-state index is -3.38. The minimum Gasteiger partial charge on any atom is -0.479 e. The van der Waals surface area contributed by atoms with E-state index in [2.05, 4.69) is 5.18 Å². The van der Waals surface area contributed by atoms with Crippen molar-refractivity contribution in [1.82, 2.24) is 0 Å². The average molecular weight is 298 g/mol. The second-order valence-electron chi connectivity index (χ2n) is 3.60. The molecule has 7 nitrogen and oxygen atoms in total. The van der Waals surface area contributed by atoms with Gasteiger partial charge in [-0.25, -0.2) is 0 Å². The van der Waals surface area contributed by atoms with Crippen LogP contribution in [0.5, 0.6) is 5.75 Å². The fourth-order valence-electron chi connectivity index (χ4n) is 1.43. The topological polar surface area (TPSA) is 98.0 Å². The molecule has 0 heterocycles. The van der Waals surface area contributed by atoms with Crippen LogP contribution >= 0.6 is 7.60 Å². The normalized spacial score (nSPS) is 10.8. The highest BCUT2D eigenvalue weighted by atomic mass is 31.2. The third kappa shape index (κ3) is 4.42. The summed E-state index contributed by atoms with van der Waals surface area (Å²) < 4.78 is 27.6. The zero-order valence-corrected chi connectivity index (χ0v) is 12.1. The molecule has 0 atom stereocenters. The molecule has 1 aromatic rings. The van der Waals surface area contributed by atoms with Crippen LogP contribution in [-0.2, 0) is 13.6 Å². The molecule has 0 spiro atoms. The molecule has 20 heavy (non-hydrogen) atoms. The van der Waals surface area contributed by atoms with Gasteiger partial charge in [0.05, 0.1) is 18.8 Å². The summed E-state index contributed by atoms with van der Waals surface area (Å²) in [6, 6.07) is 6.00. The Morgan fingerprint density at radius 2 is 1.95 bits per heavy atom. The average Bonchev–Trinajstić information content (AvgIpc) is 2.45. The first-order valence-electron chi connectivity index (χ1n) is 5.97. The lowest BCUT2D eigenvalue weighted by atomic mass is 10.2. The second-order valence-corrected chi connectivity index (χ2v) is 5.60. The molecule has 1 aromatic carbocycles. The van der Waals surface area contributed by atoms with Crippen molar-refractivity contribution in [2.24, 2.45) is 5.18 Å². The first-order valence-corrected chi connectivity index (χ1v) is 7.69. The molecule has 0 radical (unpaired) electrons. The number of nitrogens with zero attached hydrogens (tertiary/aromatic N) is 2. The van der Waals surface area contributed by atoms with Crippen molar-refractivity contribution in [3.05, 3.63) is 28.7 Å². The highest BCUT2D eigenvalue weighted by Crippen LogP contribution is 2.48. The van der Waals surface area contributed by atoms with Crippen LogP contribution in [0.15, 0.2) is 23.4 Å². The molecule has 108 valence electrons. The molecule has 0 fully saturated rings. The van der Waals surface area contributed by atoms with E-state index in [0.29, 0.717) is 0 Å². The van der Waals surface area contributed by atoms with Crippen LogP contribution in [0.1, 0.15) is 19.4 Å². The van der Waals surface area contributed by atoms with Gasteiger partial charge in [0.1, 0.15) is 17.5 Å². The summed E-state index contributed by atoms with van der Waals surface area (Å²) in [6.07, 6.45) is -0.342. The van der Waals surface area contributed by atoms with E-state index in [9.17, 15) is 9.47 Å². The van der Waals surface area contributed by atoms with Gasteiger partial charge in [0.15, 0.2) is 6.35 Å². The zero-order chi connectivity index (χ0) is 15.0. The van der Waals surface area contributed by atoms with E-state index in [1.807, 2.05) is 6.07 Å². The molecule has 0 saturated heterocycles. The lowest BCUT2D eigenvalue weighted by Gasteiger charge is -2.17. The van der Waals surface area contributed by atoms with Crippen LogP contribution in [0, 0.1) is 16.2 Å². The van der Waals surface area contributed by atoms with E-state index in [0.717, 1.165) is 0 Å². The quantitative estimate of drug-likeness (QED) is 0.537. The van der Waals surface area contributed by atoms with Gasteiger partial charge in [-0.2, -0.15) is 5.26 Å². The number of ether oxygens (including phenoxy) is 1. The third-order valence-corrected chi connectivity index (χ3v) is 3.97. The number of nitriles is 1. The van der Waals surface area contributed by atoms with Crippen molar-refractivity contribution in [1.29, 1.82) is 5.26 Å². The number of nitroso groups, excluding NO2 is 1. The Morgan fingerprint density at radius 1 is 1.30 bits per heavy atom. The van der Waals surface area contributed by atoms with E-state index in [4.69, 9.17) is 19.0 Å². The standard InChI is InChI=1S/C12H15N2O5P/c1-3-18-20(16,19-4-2)9-17-12-7-11(14-15)6-5-10(12)8-13/h5-7H,3-4,9H2,1-2H3. The lowest BCUT2D eigenvalue weighted by Crippen LogP contribution is -2.06. The van der Waals surface area contributed by atoms with Crippen molar-refractivity contribution in [2.75, 3.05) is 19.6 Å². The second kappa shape index (κ2) is 7.75. The minimum absolute atomic E-state index is 0.113. The maximum absolute atomic E-state index is 12.2. The maximum Gasteiger partial charge on any atom is 0.367 e. The molecule has 8 heteroatoms. The van der Waals surface area contributed by atoms with Gasteiger partial charge in [0.2, 0.25) is 0 Å². The summed E-state index contributed by atoms with van der Waals surface area (Å²) in [6.45, 7) is 3.79. The van der Waals surface area contributed by atoms with E-state index < -0.39 is 7.60 Å². The van der Waals surface area contributed by atoms with E-state index in [-0.39, 0.29) is 36.6 Å². The van der Waals surface area contributed by atoms with Crippen molar-refractivity contribution >= 4 is 13.3 Å². The number of hydrogen-bond acceptors (Lipinski definition) is 7. The Labute approximate surface area is 117 Å². The highest BCUT2D eigenvalue weighted by Gasteiger charge is 2.25. The van der Waals surface area contributed by atoms with Crippen LogP contribution in [0.2, 0.25) is 0 Å². The molecule has 1 rings (SSSR count). The first kappa shape index (κ1) is 16.3. The van der Waals surface area contributed by atoms with Crippen LogP contribution in [0.4, 0.5) is 5.69 Å². The third-order valence-electron chi connectivity index (χ3n) is 2.22. The monoisotopic (exact) mass is 298 g/mol. The number of hydrogen-bond donors (Lipinski definition) is 0. The molecule has 0 bridgehead atoms. The number of rotatable bonds is 8. The first-order chi connectivity index (χ1) is 9.58. The Balaban J connectivity index is 2.89. The summed E-state index contributed by atoms with van der Waals surface area (Å²) in [7, 11) is -3.38. The van der Waals surface area contributed by atoms with Gasteiger partial charge >= 0.3 is 7.60 Å². The predicted molar refractivity (Wildman–Crippen MR) is 73.0 cm³/mol. The molecule has 0 N–H and O–H groups in total. The summed E-state index contributed by atoms with van der Waals surface area (Å²) >= 11 is 0. The molecular formula is C12H15N2O5P. The molecular weight excluding hydrogens is 283 g/mol. The van der Waals surface area contributed by atoms with Crippen LogP contribution in [0.3, 0.4) is 0 Å². The van der Waals surface area contributed by atoms with E-state index >= 15 is 0 Å². The van der Waals surface area contributed by atoms with Gasteiger partial charge in [-0.1, -0.05) is 0 Å². The molecule has 0 aromatic heterocycles. The molecule has 0 saturated carbocycles. The van der Waals surface area contributed by atoms with Crippen LogP contribution < -0.4 is 4.74 Å². The van der Waals surface area contributed by atoms with Gasteiger partial charge < -0.3 is 13.8 Å². The molecule has 0 unspecified atom stereocenters. The molecule has 0 aliphatic rings. The lowest BCUT2D eigenvalue weighted by molar-refractivity contribution is 0.197. The van der Waals surface area contributed by atoms with Crippen LogP contribution in [-0.4, -0.2) is 19.6 Å². The van der Waals surface area contributed by atoms with Gasteiger partial charge in [-0.15, -0.1) is 4.91 Å². The smallest absolute Gasteiger partial charge is 0.367 e. The van der Waals surface area contributed by atoms with E-state index in [1.54, 1.807) is 13.8 Å². The fraction of sp³-hybridized carbons (Fsp3) is 0.417. The summed E-state index contributed by atoms with van der Waals surface area (Å²) in [5, 5.41) is 11.7. The molecule has 0 aliphatic carbocycles. The van der Waals surface area contributed by atoms with Crippen LogP contribution in [0.25, 0.3) is 0 Å². The van der Waals surface area contributed by atoms with Gasteiger partial charge in [-0.05, 0) is 31.2 Å². The number of benzene rings is 1.